The van der Waals surface area contributed by atoms with Crippen LogP contribution in [0.4, 0.5) is 4.39 Å². The van der Waals surface area contributed by atoms with E-state index in [-0.39, 0.29) is 23.7 Å². The predicted octanol–water partition coefficient (Wildman–Crippen LogP) is 2.55. The second kappa shape index (κ2) is 7.39. The van der Waals surface area contributed by atoms with Crippen molar-refractivity contribution in [1.29, 1.82) is 0 Å². The summed E-state index contributed by atoms with van der Waals surface area (Å²) >= 11 is 0. The summed E-state index contributed by atoms with van der Waals surface area (Å²) in [6.45, 7) is 0.0823. The van der Waals surface area contributed by atoms with E-state index in [0.717, 1.165) is 5.56 Å². The van der Waals surface area contributed by atoms with Crippen LogP contribution < -0.4 is 10.3 Å². The first kappa shape index (κ1) is 17.5. The van der Waals surface area contributed by atoms with E-state index >= 15 is 0 Å². The molecule has 8 nitrogen and oxygen atoms in total. The van der Waals surface area contributed by atoms with Crippen molar-refractivity contribution < 1.29 is 13.7 Å². The van der Waals surface area contributed by atoms with Gasteiger partial charge < -0.3 is 9.26 Å². The Labute approximate surface area is 158 Å². The number of aromatic nitrogens is 5. The maximum Gasteiger partial charge on any atom is 0.278 e. The fraction of sp³-hybridized carbons (Fsp3) is 0.105. The summed E-state index contributed by atoms with van der Waals surface area (Å²) in [4.78, 5) is 20.4. The average molecular weight is 379 g/mol. The topological polar surface area (TPSA) is 95.9 Å². The van der Waals surface area contributed by atoms with Gasteiger partial charge in [0.25, 0.3) is 11.4 Å². The summed E-state index contributed by atoms with van der Waals surface area (Å²) in [6, 6.07) is 10.8. The van der Waals surface area contributed by atoms with Gasteiger partial charge in [0.05, 0.1) is 13.7 Å². The number of pyridine rings is 1. The second-order valence-electron chi connectivity index (χ2n) is 5.84. The van der Waals surface area contributed by atoms with Crippen LogP contribution in [0.5, 0.6) is 5.75 Å². The molecule has 3 heterocycles. The van der Waals surface area contributed by atoms with Crippen LogP contribution in [0.3, 0.4) is 0 Å². The maximum absolute atomic E-state index is 13.9. The Morgan fingerprint density at radius 2 is 1.96 bits per heavy atom. The second-order valence-corrected chi connectivity index (χ2v) is 5.84. The number of hydrogen-bond acceptors (Lipinski definition) is 7. The highest BCUT2D eigenvalue weighted by molar-refractivity contribution is 5.56. The minimum atomic E-state index is -0.511. The van der Waals surface area contributed by atoms with Crippen LogP contribution in [0, 0.1) is 5.82 Å². The van der Waals surface area contributed by atoms with Gasteiger partial charge in [-0.1, -0.05) is 11.2 Å². The molecule has 0 spiro atoms. The highest BCUT2D eigenvalue weighted by atomic mass is 19.1. The maximum atomic E-state index is 13.9. The zero-order valence-electron chi connectivity index (χ0n) is 14.7. The molecule has 1 aromatic carbocycles. The van der Waals surface area contributed by atoms with E-state index in [0.29, 0.717) is 17.1 Å². The van der Waals surface area contributed by atoms with Crippen LogP contribution >= 0.6 is 0 Å². The largest absolute Gasteiger partial charge is 0.494 e. The van der Waals surface area contributed by atoms with Crippen molar-refractivity contribution in [2.75, 3.05) is 7.11 Å². The molecular weight excluding hydrogens is 365 g/mol. The van der Waals surface area contributed by atoms with Gasteiger partial charge in [-0.25, -0.2) is 9.07 Å². The number of nitrogens with zero attached hydrogens (tertiary/aromatic N) is 5. The lowest BCUT2D eigenvalue weighted by atomic mass is 10.2. The van der Waals surface area contributed by atoms with Crippen LogP contribution in [-0.4, -0.2) is 32.0 Å². The van der Waals surface area contributed by atoms with Gasteiger partial charge in [-0.05, 0) is 35.9 Å². The number of benzene rings is 1. The van der Waals surface area contributed by atoms with Crippen molar-refractivity contribution in [3.8, 4) is 28.7 Å². The van der Waals surface area contributed by atoms with Crippen LogP contribution in [-0.2, 0) is 6.54 Å². The van der Waals surface area contributed by atoms with E-state index in [1.165, 1.54) is 36.1 Å². The number of halogens is 1. The summed E-state index contributed by atoms with van der Waals surface area (Å²) in [7, 11) is 1.39. The Morgan fingerprint density at radius 1 is 1.14 bits per heavy atom. The van der Waals surface area contributed by atoms with Gasteiger partial charge >= 0.3 is 0 Å². The third-order valence-electron chi connectivity index (χ3n) is 4.00. The molecule has 0 aliphatic heterocycles. The van der Waals surface area contributed by atoms with Crippen molar-refractivity contribution in [1.82, 2.24) is 24.9 Å². The van der Waals surface area contributed by atoms with Crippen molar-refractivity contribution in [3.05, 3.63) is 76.6 Å². The van der Waals surface area contributed by atoms with Crippen molar-refractivity contribution in [3.63, 3.8) is 0 Å². The van der Waals surface area contributed by atoms with Gasteiger partial charge in [0.15, 0.2) is 11.6 Å². The number of ether oxygens (including phenoxy) is 1. The summed E-state index contributed by atoms with van der Waals surface area (Å²) in [6.07, 6.45) is 3.25. The molecule has 0 saturated carbocycles. The Bertz CT molecular complexity index is 1170. The molecule has 28 heavy (non-hydrogen) atoms. The molecule has 3 aromatic heterocycles. The zero-order chi connectivity index (χ0) is 19.5. The smallest absolute Gasteiger partial charge is 0.278 e. The SMILES string of the molecule is COc1ccc(Cn2nc(-c3nc(-c4ccncc4)no3)ccc2=O)cc1F. The lowest BCUT2D eigenvalue weighted by Crippen LogP contribution is -2.23. The molecule has 0 radical (unpaired) electrons. The lowest BCUT2D eigenvalue weighted by molar-refractivity contribution is 0.386. The van der Waals surface area contributed by atoms with E-state index in [1.807, 2.05) is 0 Å². The zero-order valence-corrected chi connectivity index (χ0v) is 14.7. The van der Waals surface area contributed by atoms with Crippen LogP contribution in [0.25, 0.3) is 23.0 Å². The van der Waals surface area contributed by atoms with E-state index in [1.54, 1.807) is 30.6 Å². The highest BCUT2D eigenvalue weighted by Crippen LogP contribution is 2.20. The highest BCUT2D eigenvalue weighted by Gasteiger charge is 2.14. The minimum absolute atomic E-state index is 0.0823. The average Bonchev–Trinajstić information content (AvgIpc) is 3.21. The van der Waals surface area contributed by atoms with Gasteiger partial charge in [0.1, 0.15) is 5.69 Å². The number of rotatable bonds is 5. The Balaban J connectivity index is 1.64. The predicted molar refractivity (Wildman–Crippen MR) is 97.1 cm³/mol. The first-order valence-electron chi connectivity index (χ1n) is 8.29. The molecule has 0 unspecified atom stereocenters. The number of hydrogen-bond donors (Lipinski definition) is 0. The van der Waals surface area contributed by atoms with Gasteiger partial charge in [-0.2, -0.15) is 10.1 Å². The summed E-state index contributed by atoms with van der Waals surface area (Å²) in [5.41, 5.74) is 1.30. The van der Waals surface area contributed by atoms with E-state index in [2.05, 4.69) is 20.2 Å². The molecule has 9 heteroatoms. The van der Waals surface area contributed by atoms with Gasteiger partial charge in [-0.3, -0.25) is 9.78 Å². The molecule has 0 aliphatic rings. The van der Waals surface area contributed by atoms with E-state index in [4.69, 9.17) is 9.26 Å². The Kier molecular flexibility index (Phi) is 4.63. The molecule has 0 saturated heterocycles. The third kappa shape index (κ3) is 3.50. The fourth-order valence-electron chi connectivity index (χ4n) is 2.60. The Hall–Kier alpha value is -3.88. The van der Waals surface area contributed by atoms with Crippen molar-refractivity contribution in [2.24, 2.45) is 0 Å². The van der Waals surface area contributed by atoms with Crippen molar-refractivity contribution in [2.45, 2.75) is 6.54 Å². The van der Waals surface area contributed by atoms with Crippen molar-refractivity contribution >= 4 is 0 Å². The van der Waals surface area contributed by atoms with Gasteiger partial charge in [-0.15, -0.1) is 0 Å². The molecule has 4 rings (SSSR count). The summed E-state index contributed by atoms with van der Waals surface area (Å²) in [5.74, 6) is 0.172. The summed E-state index contributed by atoms with van der Waals surface area (Å²) < 4.78 is 25.3. The molecule has 0 N–H and O–H groups in total. The molecule has 0 bridgehead atoms. The molecule has 0 fully saturated rings. The van der Waals surface area contributed by atoms with Crippen LogP contribution in [0.2, 0.25) is 0 Å². The molecule has 0 aliphatic carbocycles. The normalized spacial score (nSPS) is 10.8. The van der Waals surface area contributed by atoms with Gasteiger partial charge in [0.2, 0.25) is 5.82 Å². The van der Waals surface area contributed by atoms with Crippen LogP contribution in [0.1, 0.15) is 5.56 Å². The molecule has 140 valence electrons. The fourth-order valence-corrected chi connectivity index (χ4v) is 2.60. The lowest BCUT2D eigenvalue weighted by Gasteiger charge is -2.07. The molecule has 4 aromatic rings. The minimum Gasteiger partial charge on any atom is -0.494 e. The standard InChI is InChI=1S/C19H14FN5O3/c1-27-16-4-2-12(10-14(16)20)11-25-17(26)5-3-15(23-25)19-22-18(24-28-19)13-6-8-21-9-7-13/h2-10H,11H2,1H3. The molecule has 0 atom stereocenters. The third-order valence-corrected chi connectivity index (χ3v) is 4.00. The molecule has 0 amide bonds. The molecular formula is C19H14FN5O3. The van der Waals surface area contributed by atoms with E-state index in [9.17, 15) is 9.18 Å². The first-order chi connectivity index (χ1) is 13.6. The first-order valence-corrected chi connectivity index (χ1v) is 8.29. The van der Waals surface area contributed by atoms with E-state index < -0.39 is 5.82 Å². The van der Waals surface area contributed by atoms with Gasteiger partial charge in [0, 0.05) is 24.0 Å². The summed E-state index contributed by atoms with van der Waals surface area (Å²) in [5, 5.41) is 8.18. The monoisotopic (exact) mass is 379 g/mol. The number of methoxy groups -OCH3 is 1. The Morgan fingerprint density at radius 3 is 2.71 bits per heavy atom. The quantitative estimate of drug-likeness (QED) is 0.526. The van der Waals surface area contributed by atoms with Crippen LogP contribution in [0.15, 0.2) is 64.2 Å².